The van der Waals surface area contributed by atoms with Gasteiger partial charge in [0.25, 0.3) is 5.56 Å². The lowest BCUT2D eigenvalue weighted by Gasteiger charge is -2.31. The van der Waals surface area contributed by atoms with Crippen LogP contribution in [-0.4, -0.2) is 26.8 Å². The number of benzene rings is 1. The van der Waals surface area contributed by atoms with Crippen LogP contribution < -0.4 is 5.56 Å². The summed E-state index contributed by atoms with van der Waals surface area (Å²) in [6.07, 6.45) is 4.85. The van der Waals surface area contributed by atoms with Crippen molar-refractivity contribution in [2.45, 2.75) is 58.3 Å². The molecule has 7 heteroatoms. The number of cyclic esters (lactones) is 1. The van der Waals surface area contributed by atoms with Crippen LogP contribution >= 0.6 is 0 Å². The minimum Gasteiger partial charge on any atom is -0.458 e. The molecule has 4 heterocycles. The van der Waals surface area contributed by atoms with Crippen LogP contribution in [0.5, 0.6) is 0 Å². The minimum absolute atomic E-state index is 0.114. The molecule has 32 heavy (non-hydrogen) atoms. The van der Waals surface area contributed by atoms with Crippen LogP contribution in [-0.2, 0) is 41.1 Å². The first-order valence-corrected chi connectivity index (χ1v) is 11.1. The number of rotatable bonds is 2. The molecule has 1 aliphatic carbocycles. The summed E-state index contributed by atoms with van der Waals surface area (Å²) in [6.45, 7) is 3.95. The van der Waals surface area contributed by atoms with Crippen LogP contribution in [0.2, 0.25) is 0 Å². The average molecular weight is 429 g/mol. The van der Waals surface area contributed by atoms with Gasteiger partial charge in [-0.1, -0.05) is 6.92 Å². The Balaban J connectivity index is 1.65. The maximum Gasteiger partial charge on any atom is 0.343 e. The van der Waals surface area contributed by atoms with E-state index in [2.05, 4.69) is 4.99 Å². The van der Waals surface area contributed by atoms with Gasteiger partial charge in [0, 0.05) is 22.7 Å². The Morgan fingerprint density at radius 1 is 1.22 bits per heavy atom. The molecule has 0 spiro atoms. The van der Waals surface area contributed by atoms with Crippen molar-refractivity contribution in [2.75, 3.05) is 0 Å². The number of aryl methyl sites for hydroxylation is 2. The van der Waals surface area contributed by atoms with Crippen molar-refractivity contribution in [3.05, 3.63) is 56.4 Å². The zero-order chi connectivity index (χ0) is 22.2. The summed E-state index contributed by atoms with van der Waals surface area (Å²) in [4.78, 5) is 35.3. The number of carbonyl (C=O) groups is 1. The molecule has 0 fully saturated rings. The zero-order valence-electron chi connectivity index (χ0n) is 18.1. The molecular formula is C25H23N3O4. The van der Waals surface area contributed by atoms with Crippen molar-refractivity contribution in [3.8, 4) is 11.4 Å². The lowest BCUT2D eigenvalue weighted by Crippen LogP contribution is -2.44. The average Bonchev–Trinajstić information content (AvgIpc) is 3.18. The van der Waals surface area contributed by atoms with Crippen LogP contribution in [0.25, 0.3) is 22.3 Å². The zero-order valence-corrected chi connectivity index (χ0v) is 18.1. The highest BCUT2D eigenvalue weighted by Gasteiger charge is 2.45. The SMILES string of the molecule is CC=Nc1ccc2nc3c(c4c2c1CCC4)Cn1c-3cc2c(c1=O)COC(=O)[C@]2(O)CC. The third-order valence-electron chi connectivity index (χ3n) is 7.17. The third kappa shape index (κ3) is 2.34. The lowest BCUT2D eigenvalue weighted by molar-refractivity contribution is -0.172. The van der Waals surface area contributed by atoms with Gasteiger partial charge in [0.15, 0.2) is 5.60 Å². The van der Waals surface area contributed by atoms with E-state index in [4.69, 9.17) is 9.72 Å². The van der Waals surface area contributed by atoms with E-state index in [0.29, 0.717) is 23.4 Å². The van der Waals surface area contributed by atoms with Crippen molar-refractivity contribution in [1.82, 2.24) is 9.55 Å². The summed E-state index contributed by atoms with van der Waals surface area (Å²) in [5.74, 6) is -0.703. The lowest BCUT2D eigenvalue weighted by atomic mass is 9.85. The first kappa shape index (κ1) is 19.4. The Kier molecular flexibility index (Phi) is 3.99. The number of hydrogen-bond acceptors (Lipinski definition) is 6. The number of aliphatic imine (C=N–C) groups is 1. The number of aliphatic hydroxyl groups is 1. The molecule has 162 valence electrons. The molecular weight excluding hydrogens is 406 g/mol. The summed E-state index contributed by atoms with van der Waals surface area (Å²) in [5.41, 5.74) is 5.49. The fourth-order valence-electron chi connectivity index (χ4n) is 5.56. The molecule has 2 aromatic heterocycles. The van der Waals surface area contributed by atoms with Crippen LogP contribution in [0, 0.1) is 0 Å². The standard InChI is InChI=1S/C25H23N3O4/c1-3-25(31)17-10-20-22-15(11-28(20)23(29)16(17)12-32-24(25)30)13-6-5-7-14-18(26-4-2)8-9-19(27-22)21(13)14/h4,8-10,31H,3,5-7,11-12H2,1-2H3/t25-/m0/s1. The summed E-state index contributed by atoms with van der Waals surface area (Å²) < 4.78 is 6.88. The van der Waals surface area contributed by atoms with Gasteiger partial charge in [0.1, 0.15) is 6.61 Å². The molecule has 3 aromatic rings. The summed E-state index contributed by atoms with van der Waals surface area (Å²) >= 11 is 0. The third-order valence-corrected chi connectivity index (χ3v) is 7.17. The van der Waals surface area contributed by atoms with Crippen molar-refractivity contribution < 1.29 is 14.6 Å². The smallest absolute Gasteiger partial charge is 0.343 e. The molecule has 7 nitrogen and oxygen atoms in total. The first-order chi connectivity index (χ1) is 15.5. The number of hydrogen-bond donors (Lipinski definition) is 1. The van der Waals surface area contributed by atoms with Gasteiger partial charge in [0.05, 0.1) is 34.7 Å². The van der Waals surface area contributed by atoms with E-state index in [1.54, 1.807) is 17.6 Å². The molecule has 1 aromatic carbocycles. The fraction of sp³-hybridized carbons (Fsp3) is 0.360. The van der Waals surface area contributed by atoms with Crippen LogP contribution in [0.3, 0.4) is 0 Å². The molecule has 1 atom stereocenters. The molecule has 3 aliphatic rings. The normalized spacial score (nSPS) is 20.9. The molecule has 0 saturated carbocycles. The van der Waals surface area contributed by atoms with Crippen molar-refractivity contribution >= 4 is 28.8 Å². The van der Waals surface area contributed by atoms with Gasteiger partial charge in [-0.15, -0.1) is 0 Å². The summed E-state index contributed by atoms with van der Waals surface area (Å²) in [6, 6.07) is 5.78. The predicted molar refractivity (Wildman–Crippen MR) is 120 cm³/mol. The molecule has 1 N–H and O–H groups in total. The van der Waals surface area contributed by atoms with E-state index in [1.165, 1.54) is 11.1 Å². The number of carbonyl (C=O) groups excluding carboxylic acids is 1. The second kappa shape index (κ2) is 6.59. The Labute approximate surface area is 184 Å². The predicted octanol–water partition coefficient (Wildman–Crippen LogP) is 3.29. The highest BCUT2D eigenvalue weighted by atomic mass is 16.6. The number of aromatic nitrogens is 2. The van der Waals surface area contributed by atoms with Gasteiger partial charge in [-0.25, -0.2) is 9.78 Å². The van der Waals surface area contributed by atoms with Crippen LogP contribution in [0.15, 0.2) is 28.0 Å². The number of fused-ring (bicyclic) bond motifs is 5. The Morgan fingerprint density at radius 2 is 2.03 bits per heavy atom. The highest BCUT2D eigenvalue weighted by Crippen LogP contribution is 2.43. The number of pyridine rings is 2. The summed E-state index contributed by atoms with van der Waals surface area (Å²) in [5, 5.41) is 12.2. The quantitative estimate of drug-likeness (QED) is 0.390. The van der Waals surface area contributed by atoms with E-state index < -0.39 is 11.6 Å². The van der Waals surface area contributed by atoms with Crippen molar-refractivity contribution in [1.29, 1.82) is 0 Å². The number of esters is 1. The van der Waals surface area contributed by atoms with Gasteiger partial charge in [-0.3, -0.25) is 9.79 Å². The molecule has 0 radical (unpaired) electrons. The van der Waals surface area contributed by atoms with Gasteiger partial charge in [0.2, 0.25) is 0 Å². The second-order valence-electron chi connectivity index (χ2n) is 8.72. The van der Waals surface area contributed by atoms with Crippen molar-refractivity contribution in [3.63, 3.8) is 0 Å². The molecule has 2 aliphatic heterocycles. The first-order valence-electron chi connectivity index (χ1n) is 11.1. The Hall–Kier alpha value is -3.32. The van der Waals surface area contributed by atoms with Gasteiger partial charge in [-0.05, 0) is 61.9 Å². The molecule has 0 bridgehead atoms. The van der Waals surface area contributed by atoms with E-state index >= 15 is 0 Å². The van der Waals surface area contributed by atoms with Crippen molar-refractivity contribution in [2.24, 2.45) is 4.99 Å². The van der Waals surface area contributed by atoms with E-state index in [0.717, 1.165) is 47.1 Å². The van der Waals surface area contributed by atoms with E-state index in [1.807, 2.05) is 25.3 Å². The van der Waals surface area contributed by atoms with Gasteiger partial charge < -0.3 is 14.4 Å². The second-order valence-corrected chi connectivity index (χ2v) is 8.72. The highest BCUT2D eigenvalue weighted by molar-refractivity contribution is 5.95. The van der Waals surface area contributed by atoms with Crippen LogP contribution in [0.1, 0.15) is 54.5 Å². The fourth-order valence-corrected chi connectivity index (χ4v) is 5.56. The van der Waals surface area contributed by atoms with E-state index in [-0.39, 0.29) is 18.6 Å². The van der Waals surface area contributed by atoms with Gasteiger partial charge >= 0.3 is 5.97 Å². The minimum atomic E-state index is -1.81. The maximum absolute atomic E-state index is 13.4. The molecule has 6 rings (SSSR count). The topological polar surface area (TPSA) is 93.8 Å². The molecule has 0 saturated heterocycles. The number of nitrogens with zero attached hydrogens (tertiary/aromatic N) is 3. The Morgan fingerprint density at radius 3 is 2.81 bits per heavy atom. The largest absolute Gasteiger partial charge is 0.458 e. The number of ether oxygens (including phenoxy) is 1. The summed E-state index contributed by atoms with van der Waals surface area (Å²) in [7, 11) is 0. The van der Waals surface area contributed by atoms with Gasteiger partial charge in [-0.2, -0.15) is 0 Å². The molecule has 0 amide bonds. The monoisotopic (exact) mass is 429 g/mol. The molecule has 0 unspecified atom stereocenters. The van der Waals surface area contributed by atoms with E-state index in [9.17, 15) is 14.7 Å². The van der Waals surface area contributed by atoms with Crippen LogP contribution in [0.4, 0.5) is 5.69 Å². The Bertz CT molecular complexity index is 1440. The maximum atomic E-state index is 13.4.